The number of piperidine rings is 1. The molecule has 7 nitrogen and oxygen atoms in total. The van der Waals surface area contributed by atoms with Crippen LogP contribution >= 0.6 is 0 Å². The van der Waals surface area contributed by atoms with Crippen molar-refractivity contribution in [1.82, 2.24) is 15.0 Å². The fraction of sp³-hybridized carbons (Fsp3) is 0.565. The summed E-state index contributed by atoms with van der Waals surface area (Å²) in [6.07, 6.45) is 4.67. The van der Waals surface area contributed by atoms with Crippen LogP contribution in [0.3, 0.4) is 0 Å². The highest BCUT2D eigenvalue weighted by Gasteiger charge is 2.24. The van der Waals surface area contributed by atoms with Gasteiger partial charge in [-0.25, -0.2) is 0 Å². The van der Waals surface area contributed by atoms with Gasteiger partial charge in [0.15, 0.2) is 5.76 Å². The lowest BCUT2D eigenvalue weighted by Crippen LogP contribution is -2.46. The van der Waals surface area contributed by atoms with Crippen LogP contribution in [0.5, 0.6) is 5.75 Å². The van der Waals surface area contributed by atoms with Gasteiger partial charge in [0.25, 0.3) is 0 Å². The Morgan fingerprint density at radius 3 is 2.63 bits per heavy atom. The van der Waals surface area contributed by atoms with E-state index in [0.29, 0.717) is 13.0 Å². The number of anilines is 1. The number of likely N-dealkylation sites (tertiary alicyclic amines) is 1. The largest absolute Gasteiger partial charge is 0.489 e. The van der Waals surface area contributed by atoms with Crippen LogP contribution in [0, 0.1) is 0 Å². The molecule has 7 heteroatoms. The van der Waals surface area contributed by atoms with Gasteiger partial charge >= 0.3 is 0 Å². The van der Waals surface area contributed by atoms with E-state index in [1.807, 2.05) is 17.0 Å². The lowest BCUT2D eigenvalue weighted by molar-refractivity contribution is -0.133. The van der Waals surface area contributed by atoms with Crippen molar-refractivity contribution >= 4 is 11.6 Å². The molecule has 3 heterocycles. The molecule has 1 aromatic carbocycles. The van der Waals surface area contributed by atoms with Gasteiger partial charge in [-0.15, -0.1) is 0 Å². The van der Waals surface area contributed by atoms with Crippen LogP contribution < -0.4 is 9.64 Å². The predicted molar refractivity (Wildman–Crippen MR) is 115 cm³/mol. The van der Waals surface area contributed by atoms with E-state index >= 15 is 0 Å². The second kappa shape index (κ2) is 9.51. The topological polar surface area (TPSA) is 62.1 Å². The summed E-state index contributed by atoms with van der Waals surface area (Å²) in [5.41, 5.74) is 2.19. The molecular formula is C23H32N4O3. The van der Waals surface area contributed by atoms with Gasteiger partial charge in [-0.05, 0) is 38.8 Å². The Kier molecular flexibility index (Phi) is 6.57. The van der Waals surface area contributed by atoms with Crippen LogP contribution in [0.2, 0.25) is 0 Å². The van der Waals surface area contributed by atoms with Gasteiger partial charge in [0.05, 0.1) is 31.1 Å². The number of piperazine rings is 1. The van der Waals surface area contributed by atoms with Gasteiger partial charge in [-0.3, -0.25) is 9.69 Å². The molecule has 2 aliphatic heterocycles. The summed E-state index contributed by atoms with van der Waals surface area (Å²) in [4.78, 5) is 18.9. The lowest BCUT2D eigenvalue weighted by Gasteiger charge is -2.36. The first kappa shape index (κ1) is 20.7. The van der Waals surface area contributed by atoms with E-state index in [-0.39, 0.29) is 12.0 Å². The summed E-state index contributed by atoms with van der Waals surface area (Å²) in [6.45, 7) is 10.0. The van der Waals surface area contributed by atoms with Gasteiger partial charge in [0.2, 0.25) is 5.91 Å². The first-order chi connectivity index (χ1) is 14.6. The van der Waals surface area contributed by atoms with E-state index in [4.69, 9.17) is 9.26 Å². The molecule has 0 N–H and O–H groups in total. The number of nitrogens with zero attached hydrogens (tertiary/aromatic N) is 4. The van der Waals surface area contributed by atoms with Gasteiger partial charge in [0, 0.05) is 44.7 Å². The standard InChI is InChI=1S/C23H32N4O3/c1-18(2)29-21-8-4-3-7-20(21)26-13-11-25(12-14-26)17-22-19(15-24-30-22)16-27-10-6-5-9-23(27)28/h3-4,7-8,15,18H,5-6,9-14,16-17H2,1-2H3. The Morgan fingerprint density at radius 1 is 1.07 bits per heavy atom. The monoisotopic (exact) mass is 412 g/mol. The third-order valence-corrected chi connectivity index (χ3v) is 5.82. The summed E-state index contributed by atoms with van der Waals surface area (Å²) in [7, 11) is 0. The Morgan fingerprint density at radius 2 is 1.87 bits per heavy atom. The van der Waals surface area contributed by atoms with Crippen molar-refractivity contribution < 1.29 is 14.1 Å². The summed E-state index contributed by atoms with van der Waals surface area (Å²) >= 11 is 0. The Bertz CT molecular complexity index is 842. The van der Waals surface area contributed by atoms with Crippen molar-refractivity contribution in [2.75, 3.05) is 37.6 Å². The zero-order chi connectivity index (χ0) is 20.9. The SMILES string of the molecule is CC(C)Oc1ccccc1N1CCN(Cc2oncc2CN2CCCCC2=O)CC1. The molecule has 0 saturated carbocycles. The molecule has 2 aromatic rings. The molecule has 0 unspecified atom stereocenters. The normalized spacial score (nSPS) is 18.3. The Hall–Kier alpha value is -2.54. The summed E-state index contributed by atoms with van der Waals surface area (Å²) < 4.78 is 11.6. The molecule has 30 heavy (non-hydrogen) atoms. The fourth-order valence-corrected chi connectivity index (χ4v) is 4.20. The highest BCUT2D eigenvalue weighted by atomic mass is 16.5. The number of ether oxygens (including phenoxy) is 1. The average Bonchev–Trinajstić information content (AvgIpc) is 3.17. The molecule has 2 saturated heterocycles. The molecule has 0 radical (unpaired) electrons. The van der Waals surface area contributed by atoms with E-state index < -0.39 is 0 Å². The maximum Gasteiger partial charge on any atom is 0.222 e. The van der Waals surface area contributed by atoms with Crippen molar-refractivity contribution in [3.63, 3.8) is 0 Å². The zero-order valence-electron chi connectivity index (χ0n) is 18.0. The first-order valence-corrected chi connectivity index (χ1v) is 11.0. The smallest absolute Gasteiger partial charge is 0.222 e. The van der Waals surface area contributed by atoms with Crippen LogP contribution in [-0.4, -0.2) is 59.7 Å². The van der Waals surface area contributed by atoms with Gasteiger partial charge in [-0.2, -0.15) is 0 Å². The molecule has 0 atom stereocenters. The average molecular weight is 413 g/mol. The van der Waals surface area contributed by atoms with Crippen LogP contribution in [0.1, 0.15) is 44.4 Å². The van der Waals surface area contributed by atoms with Gasteiger partial charge < -0.3 is 19.1 Å². The zero-order valence-corrected chi connectivity index (χ0v) is 18.0. The van der Waals surface area contributed by atoms with Gasteiger partial charge in [0.1, 0.15) is 5.75 Å². The number of rotatable bonds is 7. The van der Waals surface area contributed by atoms with Crippen molar-refractivity contribution in [3.8, 4) is 5.75 Å². The number of hydrogen-bond donors (Lipinski definition) is 0. The molecule has 0 bridgehead atoms. The minimum absolute atomic E-state index is 0.157. The fourth-order valence-electron chi connectivity index (χ4n) is 4.20. The molecule has 2 aliphatic rings. The number of hydrogen-bond acceptors (Lipinski definition) is 6. The number of carbonyl (C=O) groups excluding carboxylic acids is 1. The summed E-state index contributed by atoms with van der Waals surface area (Å²) in [6, 6.07) is 8.27. The van der Waals surface area contributed by atoms with Crippen molar-refractivity contribution in [1.29, 1.82) is 0 Å². The Labute approximate surface area is 178 Å². The number of aromatic nitrogens is 1. The molecule has 1 amide bonds. The van der Waals surface area contributed by atoms with Gasteiger partial charge in [-0.1, -0.05) is 17.3 Å². The van der Waals surface area contributed by atoms with E-state index in [1.165, 1.54) is 0 Å². The second-order valence-corrected chi connectivity index (χ2v) is 8.44. The number of benzene rings is 1. The molecule has 1 aromatic heterocycles. The number of para-hydroxylation sites is 2. The summed E-state index contributed by atoms with van der Waals surface area (Å²) in [5.74, 6) is 2.07. The van der Waals surface area contributed by atoms with E-state index in [9.17, 15) is 4.79 Å². The van der Waals surface area contributed by atoms with Crippen LogP contribution in [0.15, 0.2) is 35.0 Å². The third kappa shape index (κ3) is 4.95. The number of amides is 1. The van der Waals surface area contributed by atoms with Crippen LogP contribution in [0.25, 0.3) is 0 Å². The quantitative estimate of drug-likeness (QED) is 0.695. The molecule has 0 aliphatic carbocycles. The van der Waals surface area contributed by atoms with Crippen molar-refractivity contribution in [2.45, 2.75) is 52.3 Å². The maximum atomic E-state index is 12.1. The maximum absolute atomic E-state index is 12.1. The minimum atomic E-state index is 0.157. The van der Waals surface area contributed by atoms with E-state index in [1.54, 1.807) is 6.20 Å². The minimum Gasteiger partial charge on any atom is -0.489 e. The molecule has 4 rings (SSSR count). The third-order valence-electron chi connectivity index (χ3n) is 5.82. The van der Waals surface area contributed by atoms with E-state index in [2.05, 4.69) is 40.9 Å². The highest BCUT2D eigenvalue weighted by Crippen LogP contribution is 2.30. The number of carbonyl (C=O) groups is 1. The first-order valence-electron chi connectivity index (χ1n) is 11.0. The molecular weight excluding hydrogens is 380 g/mol. The molecule has 162 valence electrons. The molecule has 2 fully saturated rings. The van der Waals surface area contributed by atoms with Crippen LogP contribution in [-0.2, 0) is 17.9 Å². The second-order valence-electron chi connectivity index (χ2n) is 8.44. The predicted octanol–water partition coefficient (Wildman–Crippen LogP) is 3.30. The lowest BCUT2D eigenvalue weighted by atomic mass is 10.1. The van der Waals surface area contributed by atoms with Crippen molar-refractivity contribution in [2.24, 2.45) is 0 Å². The highest BCUT2D eigenvalue weighted by molar-refractivity contribution is 5.76. The summed E-state index contributed by atoms with van der Waals surface area (Å²) in [5, 5.41) is 4.01. The van der Waals surface area contributed by atoms with Crippen molar-refractivity contribution in [3.05, 3.63) is 41.8 Å². The van der Waals surface area contributed by atoms with Crippen LogP contribution in [0.4, 0.5) is 5.69 Å². The van der Waals surface area contributed by atoms with E-state index in [0.717, 1.165) is 74.9 Å². The molecule has 0 spiro atoms. The Balaban J connectivity index is 1.34.